The number of carbonyl (C=O) groups is 2. The predicted molar refractivity (Wildman–Crippen MR) is 111 cm³/mol. The van der Waals surface area contributed by atoms with Crippen LogP contribution < -0.4 is 25.4 Å². The van der Waals surface area contributed by atoms with Crippen LogP contribution >= 0.6 is 0 Å². The van der Waals surface area contributed by atoms with Crippen molar-refractivity contribution in [2.45, 2.75) is 20.0 Å². The fraction of sp³-hybridized carbons (Fsp3) is 0.333. The van der Waals surface area contributed by atoms with Crippen LogP contribution in [-0.2, 0) is 9.59 Å². The molecule has 2 rings (SSSR count). The number of aliphatic hydroxyl groups excluding tert-OH is 1. The molecular weight excluding hydrogens is 374 g/mol. The lowest BCUT2D eigenvalue weighted by Crippen LogP contribution is -2.33. The second kappa shape index (κ2) is 11.7. The smallest absolute Gasteiger partial charge is 0.221 e. The first kappa shape index (κ1) is 22.2. The standard InChI is InChI=1S/C21H27N3O5/c1-15(25)23-17-3-7-20(8-4-17)28-12-11-22-13-19(27)14-29-21-9-5-18(6-10-21)24-16(2)26/h3-10,19,22,27H,11-14H2,1-2H3,(H,23,25)(H,24,26). The quantitative estimate of drug-likeness (QED) is 0.429. The number of aliphatic hydroxyl groups is 1. The van der Waals surface area contributed by atoms with Gasteiger partial charge in [0.05, 0.1) is 0 Å². The maximum Gasteiger partial charge on any atom is 0.221 e. The lowest BCUT2D eigenvalue weighted by Gasteiger charge is -2.14. The minimum absolute atomic E-state index is 0.118. The van der Waals surface area contributed by atoms with Crippen LogP contribution in [0.25, 0.3) is 0 Å². The molecule has 0 fully saturated rings. The van der Waals surface area contributed by atoms with Gasteiger partial charge in [0.1, 0.15) is 30.8 Å². The van der Waals surface area contributed by atoms with E-state index in [4.69, 9.17) is 9.47 Å². The van der Waals surface area contributed by atoms with E-state index < -0.39 is 6.10 Å². The topological polar surface area (TPSA) is 109 Å². The van der Waals surface area contributed by atoms with E-state index in [0.717, 1.165) is 5.69 Å². The molecule has 8 nitrogen and oxygen atoms in total. The van der Waals surface area contributed by atoms with Crippen molar-refractivity contribution >= 4 is 23.2 Å². The van der Waals surface area contributed by atoms with Crippen LogP contribution in [0.4, 0.5) is 11.4 Å². The molecule has 0 saturated heterocycles. The van der Waals surface area contributed by atoms with Crippen molar-refractivity contribution in [2.75, 3.05) is 36.9 Å². The van der Waals surface area contributed by atoms with Crippen LogP contribution in [0.15, 0.2) is 48.5 Å². The second-order valence-corrected chi connectivity index (χ2v) is 6.43. The molecule has 156 valence electrons. The first-order valence-corrected chi connectivity index (χ1v) is 9.32. The Labute approximate surface area is 170 Å². The van der Waals surface area contributed by atoms with Gasteiger partial charge in [-0.1, -0.05) is 0 Å². The molecule has 1 unspecified atom stereocenters. The molecule has 2 amide bonds. The van der Waals surface area contributed by atoms with Gasteiger partial charge in [-0.2, -0.15) is 0 Å². The molecule has 0 aromatic heterocycles. The second-order valence-electron chi connectivity index (χ2n) is 6.43. The van der Waals surface area contributed by atoms with Crippen LogP contribution in [0, 0.1) is 0 Å². The van der Waals surface area contributed by atoms with E-state index in [1.165, 1.54) is 13.8 Å². The zero-order chi connectivity index (χ0) is 21.1. The van der Waals surface area contributed by atoms with Gasteiger partial charge in [-0.05, 0) is 48.5 Å². The minimum atomic E-state index is -0.665. The number of benzene rings is 2. The van der Waals surface area contributed by atoms with E-state index in [0.29, 0.717) is 36.9 Å². The molecule has 8 heteroatoms. The van der Waals surface area contributed by atoms with Crippen molar-refractivity contribution in [2.24, 2.45) is 0 Å². The number of ether oxygens (including phenoxy) is 2. The highest BCUT2D eigenvalue weighted by Gasteiger charge is 2.05. The number of nitrogens with one attached hydrogen (secondary N) is 3. The molecule has 0 heterocycles. The fourth-order valence-corrected chi connectivity index (χ4v) is 2.44. The van der Waals surface area contributed by atoms with Gasteiger partial charge in [0.15, 0.2) is 0 Å². The SMILES string of the molecule is CC(=O)Nc1ccc(OCCNCC(O)COc2ccc(NC(C)=O)cc2)cc1. The number of hydrogen-bond donors (Lipinski definition) is 4. The Morgan fingerprint density at radius 3 is 1.83 bits per heavy atom. The molecular formula is C21H27N3O5. The van der Waals surface area contributed by atoms with Gasteiger partial charge in [-0.25, -0.2) is 0 Å². The Balaban J connectivity index is 1.58. The molecule has 4 N–H and O–H groups in total. The largest absolute Gasteiger partial charge is 0.492 e. The van der Waals surface area contributed by atoms with Crippen molar-refractivity contribution in [1.82, 2.24) is 5.32 Å². The number of hydrogen-bond acceptors (Lipinski definition) is 6. The molecule has 0 aliphatic heterocycles. The van der Waals surface area contributed by atoms with Gasteiger partial charge in [-0.3, -0.25) is 9.59 Å². The summed E-state index contributed by atoms with van der Waals surface area (Å²) in [5.74, 6) is 1.07. The highest BCUT2D eigenvalue weighted by Crippen LogP contribution is 2.16. The van der Waals surface area contributed by atoms with E-state index in [-0.39, 0.29) is 18.4 Å². The maximum atomic E-state index is 11.0. The van der Waals surface area contributed by atoms with Crippen molar-refractivity contribution < 1.29 is 24.2 Å². The van der Waals surface area contributed by atoms with Crippen LogP contribution in [0.1, 0.15) is 13.8 Å². The molecule has 0 aliphatic carbocycles. The normalized spacial score (nSPS) is 11.4. The van der Waals surface area contributed by atoms with Gasteiger partial charge >= 0.3 is 0 Å². The Hall–Kier alpha value is -3.10. The van der Waals surface area contributed by atoms with Crippen molar-refractivity contribution in [3.63, 3.8) is 0 Å². The first-order valence-electron chi connectivity index (χ1n) is 9.32. The maximum absolute atomic E-state index is 11.0. The third-order valence-electron chi connectivity index (χ3n) is 3.72. The van der Waals surface area contributed by atoms with Crippen molar-refractivity contribution in [3.05, 3.63) is 48.5 Å². The predicted octanol–water partition coefficient (Wildman–Crippen LogP) is 2.01. The summed E-state index contributed by atoms with van der Waals surface area (Å²) < 4.78 is 11.1. The minimum Gasteiger partial charge on any atom is -0.492 e. The molecule has 29 heavy (non-hydrogen) atoms. The summed E-state index contributed by atoms with van der Waals surface area (Å²) >= 11 is 0. The number of anilines is 2. The lowest BCUT2D eigenvalue weighted by molar-refractivity contribution is -0.115. The molecule has 0 saturated carbocycles. The zero-order valence-corrected chi connectivity index (χ0v) is 16.6. The summed E-state index contributed by atoms with van der Waals surface area (Å²) in [5, 5.41) is 18.5. The summed E-state index contributed by atoms with van der Waals surface area (Å²) in [4.78, 5) is 22.0. The van der Waals surface area contributed by atoms with Gasteiger partial charge in [0.25, 0.3) is 0 Å². The van der Waals surface area contributed by atoms with Gasteiger partial charge < -0.3 is 30.5 Å². The Morgan fingerprint density at radius 1 is 0.862 bits per heavy atom. The van der Waals surface area contributed by atoms with E-state index in [9.17, 15) is 14.7 Å². The number of rotatable bonds is 11. The van der Waals surface area contributed by atoms with Crippen LogP contribution in [0.2, 0.25) is 0 Å². The van der Waals surface area contributed by atoms with Crippen LogP contribution in [0.3, 0.4) is 0 Å². The Morgan fingerprint density at radius 2 is 1.34 bits per heavy atom. The van der Waals surface area contributed by atoms with E-state index in [1.807, 2.05) is 0 Å². The number of amides is 2. The number of carbonyl (C=O) groups excluding carboxylic acids is 2. The summed E-state index contributed by atoms with van der Waals surface area (Å²) in [6, 6.07) is 14.0. The van der Waals surface area contributed by atoms with E-state index in [1.54, 1.807) is 48.5 Å². The van der Waals surface area contributed by atoms with Gasteiger partial charge in [0, 0.05) is 38.3 Å². The van der Waals surface area contributed by atoms with Crippen molar-refractivity contribution in [1.29, 1.82) is 0 Å². The van der Waals surface area contributed by atoms with Crippen molar-refractivity contribution in [3.8, 4) is 11.5 Å². The van der Waals surface area contributed by atoms with E-state index in [2.05, 4.69) is 16.0 Å². The summed E-state index contributed by atoms with van der Waals surface area (Å²) in [5.41, 5.74) is 1.41. The zero-order valence-electron chi connectivity index (χ0n) is 16.6. The Kier molecular flexibility index (Phi) is 8.94. The monoisotopic (exact) mass is 401 g/mol. The molecule has 0 aliphatic rings. The Bertz CT molecular complexity index is 778. The highest BCUT2D eigenvalue weighted by molar-refractivity contribution is 5.89. The third kappa shape index (κ3) is 9.09. The van der Waals surface area contributed by atoms with Crippen LogP contribution in [-0.4, -0.2) is 49.3 Å². The average molecular weight is 401 g/mol. The summed E-state index contributed by atoms with van der Waals surface area (Å²) in [6.45, 7) is 4.43. The first-order chi connectivity index (χ1) is 13.9. The molecule has 1 atom stereocenters. The summed E-state index contributed by atoms with van der Waals surface area (Å²) in [6.07, 6.45) is -0.665. The summed E-state index contributed by atoms with van der Waals surface area (Å²) in [7, 11) is 0. The third-order valence-corrected chi connectivity index (χ3v) is 3.72. The van der Waals surface area contributed by atoms with Gasteiger partial charge in [0.2, 0.25) is 11.8 Å². The molecule has 0 spiro atoms. The van der Waals surface area contributed by atoms with Crippen LogP contribution in [0.5, 0.6) is 11.5 Å². The highest BCUT2D eigenvalue weighted by atomic mass is 16.5. The molecule has 0 radical (unpaired) electrons. The molecule has 2 aromatic rings. The molecule has 2 aromatic carbocycles. The van der Waals surface area contributed by atoms with Gasteiger partial charge in [-0.15, -0.1) is 0 Å². The fourth-order valence-electron chi connectivity index (χ4n) is 2.44. The molecule has 0 bridgehead atoms. The average Bonchev–Trinajstić information content (AvgIpc) is 2.67. The van der Waals surface area contributed by atoms with E-state index >= 15 is 0 Å². The lowest BCUT2D eigenvalue weighted by atomic mass is 10.3.